The number of ether oxygens (including phenoxy) is 1. The number of nitrogens with zero attached hydrogens (tertiary/aromatic N) is 2. The number of amides is 3. The highest BCUT2D eigenvalue weighted by atomic mass is 16.5. The highest BCUT2D eigenvalue weighted by molar-refractivity contribution is 6.21. The van der Waals surface area contributed by atoms with Crippen molar-refractivity contribution in [2.75, 3.05) is 19.6 Å². The Labute approximate surface area is 188 Å². The van der Waals surface area contributed by atoms with E-state index in [0.29, 0.717) is 23.2 Å². The van der Waals surface area contributed by atoms with E-state index in [9.17, 15) is 14.4 Å². The van der Waals surface area contributed by atoms with Gasteiger partial charge in [-0.15, -0.1) is 0 Å². The molecular formula is C25H29N3O4. The minimum Gasteiger partial charge on any atom is -0.373 e. The molecule has 3 atom stereocenters. The van der Waals surface area contributed by atoms with Gasteiger partial charge in [-0.3, -0.25) is 24.2 Å². The normalized spacial score (nSPS) is 22.0. The third-order valence-electron chi connectivity index (χ3n) is 6.04. The number of hydrogen-bond donors (Lipinski definition) is 1. The van der Waals surface area contributed by atoms with Gasteiger partial charge in [0.2, 0.25) is 0 Å². The second-order valence-electron chi connectivity index (χ2n) is 8.71. The summed E-state index contributed by atoms with van der Waals surface area (Å²) in [6, 6.07) is 14.1. The largest absolute Gasteiger partial charge is 0.373 e. The van der Waals surface area contributed by atoms with Crippen LogP contribution in [0.2, 0.25) is 0 Å². The lowest BCUT2D eigenvalue weighted by Gasteiger charge is -2.39. The van der Waals surface area contributed by atoms with Gasteiger partial charge in [-0.25, -0.2) is 0 Å². The van der Waals surface area contributed by atoms with Crippen molar-refractivity contribution in [3.05, 3.63) is 70.8 Å². The smallest absolute Gasteiger partial charge is 0.261 e. The Hall–Kier alpha value is -3.03. The SMILES string of the molecule is CC1CN(C(C)CNC(=O)c2cccc(CN3C(=O)c4ccccc4C3=O)c2)CC(C)O1. The van der Waals surface area contributed by atoms with Gasteiger partial charge in [-0.2, -0.15) is 0 Å². The van der Waals surface area contributed by atoms with Crippen LogP contribution in [0.4, 0.5) is 0 Å². The van der Waals surface area contributed by atoms with E-state index in [-0.39, 0.29) is 42.5 Å². The molecule has 2 aliphatic rings. The van der Waals surface area contributed by atoms with Crippen LogP contribution in [0.25, 0.3) is 0 Å². The van der Waals surface area contributed by atoms with Crippen molar-refractivity contribution in [3.63, 3.8) is 0 Å². The summed E-state index contributed by atoms with van der Waals surface area (Å²) in [5, 5.41) is 3.01. The molecule has 3 amide bonds. The molecule has 0 aromatic heterocycles. The van der Waals surface area contributed by atoms with Gasteiger partial charge in [0.15, 0.2) is 0 Å². The summed E-state index contributed by atoms with van der Waals surface area (Å²) in [5.74, 6) is -0.776. The summed E-state index contributed by atoms with van der Waals surface area (Å²) in [6.45, 7) is 8.58. The van der Waals surface area contributed by atoms with Crippen LogP contribution in [0.3, 0.4) is 0 Å². The van der Waals surface area contributed by atoms with Crippen LogP contribution in [0, 0.1) is 0 Å². The number of carbonyl (C=O) groups excluding carboxylic acids is 3. The van der Waals surface area contributed by atoms with Crippen molar-refractivity contribution in [2.45, 2.75) is 45.6 Å². The summed E-state index contributed by atoms with van der Waals surface area (Å²) < 4.78 is 5.78. The first kappa shape index (κ1) is 22.2. The van der Waals surface area contributed by atoms with E-state index < -0.39 is 0 Å². The molecular weight excluding hydrogens is 406 g/mol. The molecule has 1 saturated heterocycles. The molecule has 7 nitrogen and oxygen atoms in total. The Morgan fingerprint density at radius 1 is 1.03 bits per heavy atom. The lowest BCUT2D eigenvalue weighted by atomic mass is 10.1. The summed E-state index contributed by atoms with van der Waals surface area (Å²) in [7, 11) is 0. The van der Waals surface area contributed by atoms with Gasteiger partial charge in [0.1, 0.15) is 0 Å². The summed E-state index contributed by atoms with van der Waals surface area (Å²) >= 11 is 0. The molecule has 2 aliphatic heterocycles. The average molecular weight is 436 g/mol. The number of nitrogens with one attached hydrogen (secondary N) is 1. The standard InChI is InChI=1S/C25H29N3O4/c1-16(27-13-17(2)32-18(3)14-27)12-26-23(29)20-8-6-7-19(11-20)15-28-24(30)21-9-4-5-10-22(21)25(28)31/h4-11,16-18H,12-15H2,1-3H3,(H,26,29). The molecule has 0 radical (unpaired) electrons. The van der Waals surface area contributed by atoms with E-state index in [2.05, 4.69) is 31.0 Å². The molecule has 0 saturated carbocycles. The molecule has 2 heterocycles. The first-order valence-corrected chi connectivity index (χ1v) is 11.1. The zero-order valence-corrected chi connectivity index (χ0v) is 18.7. The first-order valence-electron chi connectivity index (χ1n) is 11.1. The molecule has 3 unspecified atom stereocenters. The van der Waals surface area contributed by atoms with Crippen molar-refractivity contribution in [2.24, 2.45) is 0 Å². The van der Waals surface area contributed by atoms with E-state index in [1.54, 1.807) is 42.5 Å². The van der Waals surface area contributed by atoms with Crippen molar-refractivity contribution in [1.29, 1.82) is 0 Å². The van der Waals surface area contributed by atoms with Gasteiger partial charge >= 0.3 is 0 Å². The maximum Gasteiger partial charge on any atom is 0.261 e. The van der Waals surface area contributed by atoms with Gasteiger partial charge in [0.05, 0.1) is 29.9 Å². The Balaban J connectivity index is 1.37. The number of benzene rings is 2. The zero-order chi connectivity index (χ0) is 22.8. The Morgan fingerprint density at radius 3 is 2.28 bits per heavy atom. The molecule has 4 rings (SSSR count). The molecule has 0 aliphatic carbocycles. The number of hydrogen-bond acceptors (Lipinski definition) is 5. The van der Waals surface area contributed by atoms with Crippen LogP contribution in [-0.4, -0.2) is 65.4 Å². The summed E-state index contributed by atoms with van der Waals surface area (Å²) in [4.78, 5) is 41.5. The van der Waals surface area contributed by atoms with E-state index in [0.717, 1.165) is 18.7 Å². The third-order valence-corrected chi connectivity index (χ3v) is 6.04. The van der Waals surface area contributed by atoms with Gasteiger partial charge < -0.3 is 10.1 Å². The fourth-order valence-electron chi connectivity index (χ4n) is 4.43. The van der Waals surface area contributed by atoms with Crippen LogP contribution in [0.5, 0.6) is 0 Å². The van der Waals surface area contributed by atoms with E-state index in [1.807, 2.05) is 6.07 Å². The molecule has 1 N–H and O–H groups in total. The summed E-state index contributed by atoms with van der Waals surface area (Å²) in [5.41, 5.74) is 2.09. The number of carbonyl (C=O) groups is 3. The fourth-order valence-corrected chi connectivity index (χ4v) is 4.43. The number of morpholine rings is 1. The monoisotopic (exact) mass is 435 g/mol. The molecule has 168 valence electrons. The topological polar surface area (TPSA) is 79.0 Å². The molecule has 2 aromatic rings. The fraction of sp³-hybridized carbons (Fsp3) is 0.400. The van der Waals surface area contributed by atoms with E-state index in [1.165, 1.54) is 4.90 Å². The number of imide groups is 1. The van der Waals surface area contributed by atoms with Gasteiger partial charge in [0, 0.05) is 31.2 Å². The van der Waals surface area contributed by atoms with Crippen LogP contribution < -0.4 is 5.32 Å². The highest BCUT2D eigenvalue weighted by Crippen LogP contribution is 2.24. The molecule has 0 bridgehead atoms. The van der Waals surface area contributed by atoms with Crippen molar-refractivity contribution in [3.8, 4) is 0 Å². The van der Waals surface area contributed by atoms with Crippen LogP contribution in [0.1, 0.15) is 57.4 Å². The molecule has 1 fully saturated rings. The minimum absolute atomic E-state index is 0.132. The molecule has 2 aromatic carbocycles. The minimum atomic E-state index is -0.303. The maximum atomic E-state index is 12.8. The third kappa shape index (κ3) is 4.59. The predicted molar refractivity (Wildman–Crippen MR) is 120 cm³/mol. The van der Waals surface area contributed by atoms with Crippen LogP contribution in [0.15, 0.2) is 48.5 Å². The second kappa shape index (κ2) is 9.22. The molecule has 32 heavy (non-hydrogen) atoms. The second-order valence-corrected chi connectivity index (χ2v) is 8.71. The van der Waals surface area contributed by atoms with Crippen molar-refractivity contribution in [1.82, 2.24) is 15.1 Å². The average Bonchev–Trinajstić information content (AvgIpc) is 3.02. The quantitative estimate of drug-likeness (QED) is 0.706. The van der Waals surface area contributed by atoms with Gasteiger partial charge in [0.25, 0.3) is 17.7 Å². The Bertz CT molecular complexity index is 992. The van der Waals surface area contributed by atoms with Gasteiger partial charge in [-0.05, 0) is 50.6 Å². The van der Waals surface area contributed by atoms with Crippen LogP contribution in [-0.2, 0) is 11.3 Å². The number of rotatable bonds is 6. The lowest BCUT2D eigenvalue weighted by Crippen LogP contribution is -2.52. The lowest BCUT2D eigenvalue weighted by molar-refractivity contribution is -0.0778. The zero-order valence-electron chi connectivity index (χ0n) is 18.7. The van der Waals surface area contributed by atoms with E-state index in [4.69, 9.17) is 4.74 Å². The first-order chi connectivity index (χ1) is 15.3. The Morgan fingerprint density at radius 2 is 1.66 bits per heavy atom. The highest BCUT2D eigenvalue weighted by Gasteiger charge is 2.35. The van der Waals surface area contributed by atoms with Crippen molar-refractivity contribution < 1.29 is 19.1 Å². The van der Waals surface area contributed by atoms with Crippen LogP contribution >= 0.6 is 0 Å². The Kier molecular flexibility index (Phi) is 6.39. The van der Waals surface area contributed by atoms with Gasteiger partial charge in [-0.1, -0.05) is 24.3 Å². The summed E-state index contributed by atoms with van der Waals surface area (Å²) in [6.07, 6.45) is 0.353. The number of fused-ring (bicyclic) bond motifs is 1. The molecule has 0 spiro atoms. The van der Waals surface area contributed by atoms with E-state index >= 15 is 0 Å². The van der Waals surface area contributed by atoms with Crippen molar-refractivity contribution >= 4 is 17.7 Å². The molecule has 7 heteroatoms. The predicted octanol–water partition coefficient (Wildman–Crippen LogP) is 2.71. The maximum absolute atomic E-state index is 12.8.